The molecule has 1 rings (SSSR count). The summed E-state index contributed by atoms with van der Waals surface area (Å²) < 4.78 is 4.75. The third-order valence-electron chi connectivity index (χ3n) is 3.38. The molecule has 0 unspecified atom stereocenters. The van der Waals surface area contributed by atoms with Gasteiger partial charge < -0.3 is 9.64 Å². The lowest BCUT2D eigenvalue weighted by Crippen LogP contribution is -2.45. The van der Waals surface area contributed by atoms with Crippen molar-refractivity contribution >= 4 is 11.9 Å². The molecule has 0 spiro atoms. The number of nitriles is 1. The molecule has 106 valence electrons. The number of likely N-dealkylation sites (N-methyl/N-ethyl adjacent to an activating group) is 1. The minimum Gasteiger partial charge on any atom is -0.469 e. The Kier molecular flexibility index (Phi) is 6.30. The van der Waals surface area contributed by atoms with Gasteiger partial charge in [0.25, 0.3) is 0 Å². The second kappa shape index (κ2) is 7.74. The molecule has 0 aliphatic carbocycles. The molecule has 0 N–H and O–H groups in total. The maximum Gasteiger partial charge on any atom is 0.309 e. The number of hydrogen-bond donors (Lipinski definition) is 0. The Bertz CT molecular complexity index is 365. The maximum atomic E-state index is 11.9. The molecule has 0 bridgehead atoms. The van der Waals surface area contributed by atoms with Crippen molar-refractivity contribution in [2.45, 2.75) is 19.3 Å². The number of carbonyl (C=O) groups excluding carboxylic acids is 2. The molecule has 6 nitrogen and oxygen atoms in total. The predicted molar refractivity (Wildman–Crippen MR) is 69.0 cm³/mol. The number of piperidine rings is 1. The Balaban J connectivity index is 2.41. The van der Waals surface area contributed by atoms with E-state index in [0.29, 0.717) is 26.1 Å². The minimum absolute atomic E-state index is 0.0132. The SMILES string of the molecule is COC(=O)[C@H]1CCCN(CC(=O)N(C)CCC#N)C1. The van der Waals surface area contributed by atoms with E-state index in [4.69, 9.17) is 10.00 Å². The summed E-state index contributed by atoms with van der Waals surface area (Å²) in [4.78, 5) is 27.0. The summed E-state index contributed by atoms with van der Waals surface area (Å²) in [6, 6.07) is 2.02. The molecule has 1 fully saturated rings. The van der Waals surface area contributed by atoms with Gasteiger partial charge in [-0.1, -0.05) is 0 Å². The smallest absolute Gasteiger partial charge is 0.309 e. The van der Waals surface area contributed by atoms with E-state index >= 15 is 0 Å². The molecule has 1 aliphatic heterocycles. The average molecular weight is 267 g/mol. The van der Waals surface area contributed by atoms with Crippen LogP contribution in [0.4, 0.5) is 0 Å². The van der Waals surface area contributed by atoms with Gasteiger partial charge in [0.05, 0.1) is 32.1 Å². The van der Waals surface area contributed by atoms with E-state index in [2.05, 4.69) is 0 Å². The number of rotatable bonds is 5. The van der Waals surface area contributed by atoms with E-state index in [-0.39, 0.29) is 17.8 Å². The molecule has 19 heavy (non-hydrogen) atoms. The normalized spacial score (nSPS) is 19.5. The van der Waals surface area contributed by atoms with E-state index in [1.54, 1.807) is 11.9 Å². The van der Waals surface area contributed by atoms with Crippen LogP contribution < -0.4 is 0 Å². The number of carbonyl (C=O) groups is 2. The first-order valence-corrected chi connectivity index (χ1v) is 6.49. The van der Waals surface area contributed by atoms with Crippen LogP contribution in [-0.2, 0) is 14.3 Å². The highest BCUT2D eigenvalue weighted by molar-refractivity contribution is 5.78. The lowest BCUT2D eigenvalue weighted by atomic mass is 9.98. The number of ether oxygens (including phenoxy) is 1. The third kappa shape index (κ3) is 4.87. The van der Waals surface area contributed by atoms with Gasteiger partial charge in [0, 0.05) is 20.1 Å². The maximum absolute atomic E-state index is 11.9. The first-order valence-electron chi connectivity index (χ1n) is 6.49. The van der Waals surface area contributed by atoms with Gasteiger partial charge in [-0.2, -0.15) is 5.26 Å². The first-order chi connectivity index (χ1) is 9.08. The predicted octanol–water partition coefficient (Wildman–Crippen LogP) is 0.243. The molecular formula is C13H21N3O3. The first kappa shape index (κ1) is 15.4. The highest BCUT2D eigenvalue weighted by Crippen LogP contribution is 2.17. The summed E-state index contributed by atoms with van der Waals surface area (Å²) in [7, 11) is 3.09. The standard InChI is InChI=1S/C13H21N3O3/c1-15(7-4-6-14)12(17)10-16-8-3-5-11(9-16)13(18)19-2/h11H,3-5,7-10H2,1-2H3/t11-/m0/s1. The van der Waals surface area contributed by atoms with Gasteiger partial charge >= 0.3 is 5.97 Å². The number of amides is 1. The topological polar surface area (TPSA) is 73.6 Å². The summed E-state index contributed by atoms with van der Waals surface area (Å²) in [6.45, 7) is 2.15. The number of esters is 1. The number of likely N-dealkylation sites (tertiary alicyclic amines) is 1. The Morgan fingerprint density at radius 2 is 2.26 bits per heavy atom. The van der Waals surface area contributed by atoms with Crippen molar-refractivity contribution in [3.63, 3.8) is 0 Å². The molecule has 6 heteroatoms. The van der Waals surface area contributed by atoms with Crippen molar-refractivity contribution in [2.24, 2.45) is 5.92 Å². The van der Waals surface area contributed by atoms with E-state index < -0.39 is 0 Å². The lowest BCUT2D eigenvalue weighted by Gasteiger charge is -2.31. The van der Waals surface area contributed by atoms with Crippen LogP contribution in [0, 0.1) is 17.2 Å². The zero-order valence-electron chi connectivity index (χ0n) is 11.6. The number of methoxy groups -OCH3 is 1. The molecule has 1 aliphatic rings. The average Bonchev–Trinajstić information content (AvgIpc) is 2.44. The summed E-state index contributed by atoms with van der Waals surface area (Å²) in [6.07, 6.45) is 2.06. The van der Waals surface area contributed by atoms with Crippen LogP contribution >= 0.6 is 0 Å². The molecule has 0 aromatic rings. The highest BCUT2D eigenvalue weighted by Gasteiger charge is 2.27. The summed E-state index contributed by atoms with van der Waals surface area (Å²) in [5.41, 5.74) is 0. The minimum atomic E-state index is -0.199. The lowest BCUT2D eigenvalue weighted by molar-refractivity contribution is -0.148. The van der Waals surface area contributed by atoms with Crippen LogP contribution in [0.1, 0.15) is 19.3 Å². The summed E-state index contributed by atoms with van der Waals surface area (Å²) in [5.74, 6) is -0.341. The van der Waals surface area contributed by atoms with Gasteiger partial charge in [0.1, 0.15) is 0 Å². The number of hydrogen-bond acceptors (Lipinski definition) is 5. The van der Waals surface area contributed by atoms with Gasteiger partial charge in [-0.25, -0.2) is 0 Å². The molecule has 1 saturated heterocycles. The molecule has 1 atom stereocenters. The van der Waals surface area contributed by atoms with Crippen LogP contribution in [0.5, 0.6) is 0 Å². The fourth-order valence-corrected chi connectivity index (χ4v) is 2.21. The second-order valence-corrected chi connectivity index (χ2v) is 4.82. The van der Waals surface area contributed by atoms with Crippen molar-refractivity contribution < 1.29 is 14.3 Å². The van der Waals surface area contributed by atoms with Gasteiger partial charge in [-0.15, -0.1) is 0 Å². The fraction of sp³-hybridized carbons (Fsp3) is 0.769. The van der Waals surface area contributed by atoms with Crippen LogP contribution in [0.25, 0.3) is 0 Å². The highest BCUT2D eigenvalue weighted by atomic mass is 16.5. The number of nitrogens with zero attached hydrogens (tertiary/aromatic N) is 3. The van der Waals surface area contributed by atoms with Gasteiger partial charge in [-0.05, 0) is 19.4 Å². The molecule has 1 heterocycles. The Morgan fingerprint density at radius 3 is 2.89 bits per heavy atom. The summed E-state index contributed by atoms with van der Waals surface area (Å²) in [5, 5.41) is 8.49. The monoisotopic (exact) mass is 267 g/mol. The zero-order chi connectivity index (χ0) is 14.3. The van der Waals surface area contributed by atoms with Crippen LogP contribution in [0.15, 0.2) is 0 Å². The third-order valence-corrected chi connectivity index (χ3v) is 3.38. The van der Waals surface area contributed by atoms with Crippen LogP contribution in [-0.4, -0.2) is 62.0 Å². The molecule has 0 aromatic carbocycles. The van der Waals surface area contributed by atoms with Crippen molar-refractivity contribution in [3.8, 4) is 6.07 Å². The molecule has 0 aromatic heterocycles. The van der Waals surface area contributed by atoms with Gasteiger partial charge in [0.2, 0.25) is 5.91 Å². The van der Waals surface area contributed by atoms with E-state index in [1.165, 1.54) is 7.11 Å². The molecular weight excluding hydrogens is 246 g/mol. The summed E-state index contributed by atoms with van der Waals surface area (Å²) >= 11 is 0. The second-order valence-electron chi connectivity index (χ2n) is 4.82. The molecule has 0 saturated carbocycles. The zero-order valence-corrected chi connectivity index (χ0v) is 11.6. The van der Waals surface area contributed by atoms with E-state index in [0.717, 1.165) is 19.4 Å². The van der Waals surface area contributed by atoms with Crippen molar-refractivity contribution in [2.75, 3.05) is 40.3 Å². The van der Waals surface area contributed by atoms with Gasteiger partial charge in [0.15, 0.2) is 0 Å². The largest absolute Gasteiger partial charge is 0.469 e. The Hall–Kier alpha value is -1.61. The Labute approximate surface area is 113 Å². The Morgan fingerprint density at radius 1 is 1.53 bits per heavy atom. The van der Waals surface area contributed by atoms with E-state index in [1.807, 2.05) is 11.0 Å². The van der Waals surface area contributed by atoms with Crippen molar-refractivity contribution in [1.82, 2.24) is 9.80 Å². The van der Waals surface area contributed by atoms with Gasteiger partial charge in [-0.3, -0.25) is 14.5 Å². The van der Waals surface area contributed by atoms with E-state index in [9.17, 15) is 9.59 Å². The quantitative estimate of drug-likeness (QED) is 0.667. The molecule has 1 amide bonds. The van der Waals surface area contributed by atoms with Crippen LogP contribution in [0.3, 0.4) is 0 Å². The van der Waals surface area contributed by atoms with Crippen molar-refractivity contribution in [1.29, 1.82) is 5.26 Å². The fourth-order valence-electron chi connectivity index (χ4n) is 2.21. The molecule has 0 radical (unpaired) electrons. The van der Waals surface area contributed by atoms with Crippen LogP contribution in [0.2, 0.25) is 0 Å². The van der Waals surface area contributed by atoms with Crippen molar-refractivity contribution in [3.05, 3.63) is 0 Å².